The zero-order chi connectivity index (χ0) is 27.6. The number of nitrogens with zero attached hydrogens (tertiary/aromatic N) is 2. The maximum Gasteiger partial charge on any atom is 0.175 e. The molecule has 2 aromatic rings. The number of ketones is 1. The third-order valence-corrected chi connectivity index (χ3v) is 7.69. The molecule has 0 saturated heterocycles. The minimum Gasteiger partial charge on any atom is -0.493 e. The van der Waals surface area contributed by atoms with E-state index in [0.717, 1.165) is 16.8 Å². The second kappa shape index (κ2) is 11.4. The minimum absolute atomic E-state index is 0.0142. The molecule has 7 nitrogen and oxygen atoms in total. The van der Waals surface area contributed by atoms with Crippen molar-refractivity contribution >= 4 is 33.3 Å². The molecule has 2 N–H and O–H groups in total. The summed E-state index contributed by atoms with van der Waals surface area (Å²) in [7, 11) is 3.17. The lowest BCUT2D eigenvalue weighted by Gasteiger charge is -2.43. The molecule has 1 aliphatic carbocycles. The number of carbonyl (C=O) groups is 1. The summed E-state index contributed by atoms with van der Waals surface area (Å²) in [6.07, 6.45) is 1.05. The summed E-state index contributed by atoms with van der Waals surface area (Å²) in [5, 5.41) is 10.9. The van der Waals surface area contributed by atoms with Gasteiger partial charge in [-0.3, -0.25) is 4.79 Å². The number of hydrogen-bond donors (Lipinski definition) is 1. The van der Waals surface area contributed by atoms with Crippen LogP contribution in [0.5, 0.6) is 11.5 Å². The number of allylic oxidation sites excluding steroid dienone is 3. The lowest BCUT2D eigenvalue weighted by atomic mass is 9.68. The Morgan fingerprint density at radius 3 is 2.66 bits per heavy atom. The Hall–Kier alpha value is -2.99. The van der Waals surface area contributed by atoms with Crippen molar-refractivity contribution in [2.45, 2.75) is 39.2 Å². The van der Waals surface area contributed by atoms with Gasteiger partial charge in [-0.2, -0.15) is 5.26 Å². The van der Waals surface area contributed by atoms with Gasteiger partial charge in [-0.15, -0.1) is 0 Å². The van der Waals surface area contributed by atoms with Gasteiger partial charge in [-0.05, 0) is 63.2 Å². The monoisotopic (exact) mass is 599 g/mol. The fraction of sp³-hybridized carbons (Fsp3) is 0.379. The molecule has 1 heterocycles. The van der Waals surface area contributed by atoms with Gasteiger partial charge >= 0.3 is 0 Å². The lowest BCUT2D eigenvalue weighted by molar-refractivity contribution is -0.118. The highest BCUT2D eigenvalue weighted by Gasteiger charge is 2.44. The van der Waals surface area contributed by atoms with E-state index in [4.69, 9.17) is 31.5 Å². The summed E-state index contributed by atoms with van der Waals surface area (Å²) < 4.78 is 17.7. The molecule has 0 bridgehead atoms. The van der Waals surface area contributed by atoms with Crippen LogP contribution in [0, 0.1) is 16.7 Å². The Labute approximate surface area is 236 Å². The van der Waals surface area contributed by atoms with Crippen molar-refractivity contribution in [1.82, 2.24) is 4.90 Å². The number of methoxy groups -OCH3 is 2. The van der Waals surface area contributed by atoms with Crippen LogP contribution in [0.3, 0.4) is 0 Å². The van der Waals surface area contributed by atoms with E-state index >= 15 is 0 Å². The van der Waals surface area contributed by atoms with Crippen LogP contribution >= 0.6 is 27.5 Å². The highest BCUT2D eigenvalue weighted by atomic mass is 79.9. The van der Waals surface area contributed by atoms with E-state index < -0.39 is 5.92 Å². The van der Waals surface area contributed by atoms with Crippen LogP contribution in [-0.4, -0.2) is 38.1 Å². The molecule has 0 spiro atoms. The van der Waals surface area contributed by atoms with Gasteiger partial charge in [-0.1, -0.05) is 37.6 Å². The Morgan fingerprint density at radius 1 is 1.24 bits per heavy atom. The third-order valence-electron chi connectivity index (χ3n) is 6.86. The number of rotatable bonds is 8. The predicted octanol–water partition coefficient (Wildman–Crippen LogP) is 6.07. The summed E-state index contributed by atoms with van der Waals surface area (Å²) >= 11 is 9.74. The highest BCUT2D eigenvalue weighted by molar-refractivity contribution is 9.10. The smallest absolute Gasteiger partial charge is 0.175 e. The molecule has 0 aromatic heterocycles. The summed E-state index contributed by atoms with van der Waals surface area (Å²) in [6, 6.07) is 13.4. The molecule has 38 heavy (non-hydrogen) atoms. The standard InChI is InChI=1S/C29H31BrClN3O4/c1-29(2)13-22-26(23(35)14-29)25(20(15-32)28(33)34(22)8-9-36-3)18-11-21(30)27(24(12-18)37-4)38-16-17-6-5-7-19(31)10-17/h5-7,10-12,25H,8-9,13-14,16,33H2,1-4H3/t25-/m1/s1. The molecular formula is C29H31BrClN3O4. The first-order valence-corrected chi connectivity index (χ1v) is 13.4. The van der Waals surface area contributed by atoms with Crippen LogP contribution < -0.4 is 15.2 Å². The molecule has 9 heteroatoms. The van der Waals surface area contributed by atoms with E-state index in [0.29, 0.717) is 64.0 Å². The van der Waals surface area contributed by atoms with Gasteiger partial charge in [0, 0.05) is 36.4 Å². The Bertz CT molecular complexity index is 1360. The topological polar surface area (TPSA) is 97.8 Å². The fourth-order valence-corrected chi connectivity index (χ4v) is 5.96. The van der Waals surface area contributed by atoms with Crippen LogP contribution in [0.4, 0.5) is 0 Å². The van der Waals surface area contributed by atoms with Crippen molar-refractivity contribution in [3.8, 4) is 17.6 Å². The van der Waals surface area contributed by atoms with E-state index in [9.17, 15) is 10.1 Å². The molecule has 1 aliphatic heterocycles. The molecular weight excluding hydrogens is 570 g/mol. The fourth-order valence-electron chi connectivity index (χ4n) is 5.18. The Morgan fingerprint density at radius 2 is 2.00 bits per heavy atom. The quantitative estimate of drug-likeness (QED) is 0.393. The molecule has 0 unspecified atom stereocenters. The average Bonchev–Trinajstić information content (AvgIpc) is 2.86. The normalized spacial score (nSPS) is 18.8. The number of Topliss-reactive ketones (excluding diaryl/α,β-unsaturated/α-hetero) is 1. The first kappa shape index (κ1) is 28.0. The molecule has 2 aromatic carbocycles. The maximum atomic E-state index is 13.6. The van der Waals surface area contributed by atoms with Crippen molar-refractivity contribution in [1.29, 1.82) is 5.26 Å². The second-order valence-electron chi connectivity index (χ2n) is 10.2. The van der Waals surface area contributed by atoms with Crippen molar-refractivity contribution in [3.63, 3.8) is 0 Å². The van der Waals surface area contributed by atoms with Crippen molar-refractivity contribution < 1.29 is 19.0 Å². The van der Waals surface area contributed by atoms with Gasteiger partial charge in [0.05, 0.1) is 35.7 Å². The molecule has 1 atom stereocenters. The van der Waals surface area contributed by atoms with Crippen LogP contribution in [0.1, 0.15) is 43.7 Å². The Balaban J connectivity index is 1.80. The SMILES string of the molecule is COCCN1C(N)=C(C#N)[C@@H](c2cc(Br)c(OCc3cccc(Cl)c3)c(OC)c2)C2=C1CC(C)(C)CC2=O. The van der Waals surface area contributed by atoms with E-state index in [1.807, 2.05) is 35.2 Å². The van der Waals surface area contributed by atoms with Gasteiger partial charge in [0.1, 0.15) is 12.4 Å². The number of hydrogen-bond acceptors (Lipinski definition) is 7. The van der Waals surface area contributed by atoms with E-state index in [1.165, 1.54) is 0 Å². The van der Waals surface area contributed by atoms with E-state index in [-0.39, 0.29) is 17.8 Å². The molecule has 4 rings (SSSR count). The van der Waals surface area contributed by atoms with Crippen LogP contribution in [-0.2, 0) is 16.1 Å². The summed E-state index contributed by atoms with van der Waals surface area (Å²) in [5.74, 6) is 0.717. The Kier molecular flexibility index (Phi) is 8.41. The predicted molar refractivity (Wildman–Crippen MR) is 150 cm³/mol. The lowest BCUT2D eigenvalue weighted by Crippen LogP contribution is -2.43. The first-order chi connectivity index (χ1) is 18.1. The van der Waals surface area contributed by atoms with E-state index in [2.05, 4.69) is 35.8 Å². The minimum atomic E-state index is -0.621. The van der Waals surface area contributed by atoms with Gasteiger partial charge in [0.25, 0.3) is 0 Å². The average molecular weight is 601 g/mol. The largest absolute Gasteiger partial charge is 0.493 e. The second-order valence-corrected chi connectivity index (χ2v) is 11.5. The number of nitrogens with two attached hydrogens (primary N) is 1. The van der Waals surface area contributed by atoms with Gasteiger partial charge in [0.2, 0.25) is 0 Å². The van der Waals surface area contributed by atoms with Crippen LogP contribution in [0.2, 0.25) is 5.02 Å². The molecule has 2 aliphatic rings. The molecule has 0 saturated carbocycles. The van der Waals surface area contributed by atoms with Crippen molar-refractivity contribution in [3.05, 3.63) is 79.7 Å². The number of ether oxygens (including phenoxy) is 3. The summed E-state index contributed by atoms with van der Waals surface area (Å²) in [6.45, 7) is 5.29. The number of halogens is 2. The van der Waals surface area contributed by atoms with Gasteiger partial charge < -0.3 is 24.8 Å². The molecule has 0 fully saturated rings. The number of nitriles is 1. The maximum absolute atomic E-state index is 13.6. The van der Waals surface area contributed by atoms with Crippen molar-refractivity contribution in [2.24, 2.45) is 11.1 Å². The first-order valence-electron chi connectivity index (χ1n) is 12.3. The molecule has 0 radical (unpaired) electrons. The van der Waals surface area contributed by atoms with E-state index in [1.54, 1.807) is 20.3 Å². The zero-order valence-electron chi connectivity index (χ0n) is 21.9. The molecule has 0 amide bonds. The summed E-state index contributed by atoms with van der Waals surface area (Å²) in [5.41, 5.74) is 9.79. The van der Waals surface area contributed by atoms with Crippen molar-refractivity contribution in [2.75, 3.05) is 27.4 Å². The zero-order valence-corrected chi connectivity index (χ0v) is 24.3. The highest BCUT2D eigenvalue weighted by Crippen LogP contribution is 2.50. The number of benzene rings is 2. The number of carbonyl (C=O) groups excluding carboxylic acids is 1. The van der Waals surface area contributed by atoms with Crippen LogP contribution in [0.15, 0.2) is 63.5 Å². The molecule has 200 valence electrons. The van der Waals surface area contributed by atoms with Gasteiger partial charge in [0.15, 0.2) is 17.3 Å². The van der Waals surface area contributed by atoms with Gasteiger partial charge in [-0.25, -0.2) is 0 Å². The third kappa shape index (κ3) is 5.56. The van der Waals surface area contributed by atoms with Crippen LogP contribution in [0.25, 0.3) is 0 Å². The summed E-state index contributed by atoms with van der Waals surface area (Å²) in [4.78, 5) is 15.5.